The van der Waals surface area contributed by atoms with Crippen LogP contribution < -0.4 is 5.73 Å². The van der Waals surface area contributed by atoms with Crippen LogP contribution in [0.5, 0.6) is 0 Å². The van der Waals surface area contributed by atoms with Crippen LogP contribution in [0.2, 0.25) is 0 Å². The van der Waals surface area contributed by atoms with E-state index in [0.717, 1.165) is 23.4 Å². The molecule has 5 heteroatoms. The summed E-state index contributed by atoms with van der Waals surface area (Å²) >= 11 is 0. The quantitative estimate of drug-likeness (QED) is 0.787. The largest absolute Gasteiger partial charge is 0.330 e. The normalized spacial score (nSPS) is 10.5. The number of rotatable bonds is 3. The number of hydrogen-bond donors (Lipinski definition) is 1. The summed E-state index contributed by atoms with van der Waals surface area (Å²) in [6, 6.07) is 12.3. The highest BCUT2D eigenvalue weighted by atomic mass is 35.5. The number of imidazole rings is 1. The van der Waals surface area contributed by atoms with E-state index in [9.17, 15) is 0 Å². The SMILES string of the molecule is Cl.NCCn1ccn2nc(-c3ccccc3)cc12. The Labute approximate surface area is 111 Å². The molecule has 2 heterocycles. The molecule has 0 aliphatic heterocycles. The topological polar surface area (TPSA) is 48.2 Å². The highest BCUT2D eigenvalue weighted by molar-refractivity contribution is 5.85. The van der Waals surface area contributed by atoms with Gasteiger partial charge in [-0.2, -0.15) is 5.10 Å². The molecule has 94 valence electrons. The first kappa shape index (κ1) is 12.7. The van der Waals surface area contributed by atoms with E-state index in [1.807, 2.05) is 35.1 Å². The van der Waals surface area contributed by atoms with E-state index < -0.39 is 0 Å². The maximum Gasteiger partial charge on any atom is 0.136 e. The summed E-state index contributed by atoms with van der Waals surface area (Å²) in [7, 11) is 0. The standard InChI is InChI=1S/C13H14N4.ClH/c14-6-7-16-8-9-17-13(16)10-12(15-17)11-4-2-1-3-5-11;/h1-5,8-10H,6-7,14H2;1H. The third kappa shape index (κ3) is 2.12. The van der Waals surface area contributed by atoms with E-state index in [0.29, 0.717) is 6.54 Å². The smallest absolute Gasteiger partial charge is 0.136 e. The van der Waals surface area contributed by atoms with Crippen LogP contribution in [0, 0.1) is 0 Å². The van der Waals surface area contributed by atoms with Gasteiger partial charge in [0.15, 0.2) is 0 Å². The van der Waals surface area contributed by atoms with Crippen molar-refractivity contribution in [1.82, 2.24) is 14.2 Å². The molecule has 3 rings (SSSR count). The summed E-state index contributed by atoms with van der Waals surface area (Å²) in [4.78, 5) is 0. The second kappa shape index (κ2) is 5.25. The summed E-state index contributed by atoms with van der Waals surface area (Å²) in [6.07, 6.45) is 3.96. The van der Waals surface area contributed by atoms with Crippen molar-refractivity contribution in [3.05, 3.63) is 48.8 Å². The van der Waals surface area contributed by atoms with Gasteiger partial charge in [-0.25, -0.2) is 4.52 Å². The van der Waals surface area contributed by atoms with Gasteiger partial charge in [0.25, 0.3) is 0 Å². The number of aromatic nitrogens is 3. The lowest BCUT2D eigenvalue weighted by molar-refractivity contribution is 0.730. The molecule has 2 N–H and O–H groups in total. The van der Waals surface area contributed by atoms with Gasteiger partial charge in [-0.3, -0.25) is 0 Å². The van der Waals surface area contributed by atoms with Gasteiger partial charge >= 0.3 is 0 Å². The van der Waals surface area contributed by atoms with Crippen LogP contribution in [0.15, 0.2) is 48.8 Å². The van der Waals surface area contributed by atoms with Gasteiger partial charge in [0, 0.05) is 37.1 Å². The minimum Gasteiger partial charge on any atom is -0.330 e. The number of benzene rings is 1. The Morgan fingerprint density at radius 3 is 2.61 bits per heavy atom. The van der Waals surface area contributed by atoms with E-state index in [-0.39, 0.29) is 12.4 Å². The molecule has 0 atom stereocenters. The van der Waals surface area contributed by atoms with Crippen molar-refractivity contribution in [2.24, 2.45) is 5.73 Å². The van der Waals surface area contributed by atoms with Crippen LogP contribution in [0.4, 0.5) is 0 Å². The molecule has 0 aliphatic rings. The fourth-order valence-corrected chi connectivity index (χ4v) is 2.01. The molecule has 0 spiro atoms. The summed E-state index contributed by atoms with van der Waals surface area (Å²) < 4.78 is 4.00. The molecule has 0 saturated carbocycles. The van der Waals surface area contributed by atoms with E-state index in [1.165, 1.54) is 0 Å². The van der Waals surface area contributed by atoms with Gasteiger partial charge in [0.2, 0.25) is 0 Å². The average molecular weight is 263 g/mol. The Balaban J connectivity index is 0.00000120. The number of nitrogens with zero attached hydrogens (tertiary/aromatic N) is 3. The monoisotopic (exact) mass is 262 g/mol. The Hall–Kier alpha value is -1.78. The van der Waals surface area contributed by atoms with Crippen molar-refractivity contribution in [2.75, 3.05) is 6.54 Å². The molecule has 2 aromatic heterocycles. The molecule has 0 unspecified atom stereocenters. The van der Waals surface area contributed by atoms with Crippen molar-refractivity contribution >= 4 is 18.1 Å². The van der Waals surface area contributed by atoms with Gasteiger partial charge in [0.05, 0.1) is 5.69 Å². The van der Waals surface area contributed by atoms with Gasteiger partial charge in [-0.1, -0.05) is 30.3 Å². The van der Waals surface area contributed by atoms with Crippen molar-refractivity contribution in [3.63, 3.8) is 0 Å². The summed E-state index contributed by atoms with van der Waals surface area (Å²) in [5.41, 5.74) is 8.78. The van der Waals surface area contributed by atoms with Gasteiger partial charge in [0.1, 0.15) is 5.65 Å². The Morgan fingerprint density at radius 1 is 1.11 bits per heavy atom. The first-order valence-electron chi connectivity index (χ1n) is 5.68. The van der Waals surface area contributed by atoms with Crippen LogP contribution in [0.3, 0.4) is 0 Å². The minimum absolute atomic E-state index is 0. The first-order valence-corrected chi connectivity index (χ1v) is 5.68. The molecule has 0 fully saturated rings. The first-order chi connectivity index (χ1) is 8.38. The molecular weight excluding hydrogens is 248 g/mol. The minimum atomic E-state index is 0. The Morgan fingerprint density at radius 2 is 1.89 bits per heavy atom. The highest BCUT2D eigenvalue weighted by Crippen LogP contribution is 2.19. The molecule has 0 amide bonds. The molecular formula is C13H15ClN4. The molecule has 0 saturated heterocycles. The molecule has 0 aliphatic carbocycles. The van der Waals surface area contributed by atoms with Gasteiger partial charge in [-0.15, -0.1) is 12.4 Å². The van der Waals surface area contributed by atoms with E-state index in [2.05, 4.69) is 27.9 Å². The lowest BCUT2D eigenvalue weighted by Crippen LogP contribution is -2.08. The molecule has 18 heavy (non-hydrogen) atoms. The third-order valence-corrected chi connectivity index (χ3v) is 2.84. The van der Waals surface area contributed by atoms with Crippen molar-refractivity contribution in [3.8, 4) is 11.3 Å². The van der Waals surface area contributed by atoms with E-state index >= 15 is 0 Å². The predicted molar refractivity (Wildman–Crippen MR) is 74.9 cm³/mol. The van der Waals surface area contributed by atoms with Gasteiger partial charge in [-0.05, 0) is 0 Å². The molecule has 1 aromatic carbocycles. The third-order valence-electron chi connectivity index (χ3n) is 2.84. The number of halogens is 1. The van der Waals surface area contributed by atoms with E-state index in [4.69, 9.17) is 5.73 Å². The second-order valence-corrected chi connectivity index (χ2v) is 3.98. The van der Waals surface area contributed by atoms with Crippen molar-refractivity contribution in [1.29, 1.82) is 0 Å². The fourth-order valence-electron chi connectivity index (χ4n) is 2.01. The average Bonchev–Trinajstić information content (AvgIpc) is 2.93. The molecule has 3 aromatic rings. The second-order valence-electron chi connectivity index (χ2n) is 3.98. The Kier molecular flexibility index (Phi) is 3.69. The molecule has 0 bridgehead atoms. The van der Waals surface area contributed by atoms with Crippen molar-refractivity contribution in [2.45, 2.75) is 6.54 Å². The van der Waals surface area contributed by atoms with Crippen molar-refractivity contribution < 1.29 is 0 Å². The maximum absolute atomic E-state index is 5.58. The van der Waals surface area contributed by atoms with Gasteiger partial charge < -0.3 is 10.3 Å². The van der Waals surface area contributed by atoms with Crippen LogP contribution >= 0.6 is 12.4 Å². The summed E-state index contributed by atoms with van der Waals surface area (Å²) in [5.74, 6) is 0. The lowest BCUT2D eigenvalue weighted by Gasteiger charge is -1.98. The zero-order valence-electron chi connectivity index (χ0n) is 9.86. The lowest BCUT2D eigenvalue weighted by atomic mass is 10.2. The van der Waals surface area contributed by atoms with Crippen LogP contribution in [0.1, 0.15) is 0 Å². The number of nitrogens with two attached hydrogens (primary N) is 1. The zero-order chi connectivity index (χ0) is 11.7. The Bertz CT molecular complexity index is 627. The predicted octanol–water partition coefficient (Wildman–Crippen LogP) is 2.18. The maximum atomic E-state index is 5.58. The highest BCUT2D eigenvalue weighted by Gasteiger charge is 2.06. The number of fused-ring (bicyclic) bond motifs is 1. The number of hydrogen-bond acceptors (Lipinski definition) is 2. The summed E-state index contributed by atoms with van der Waals surface area (Å²) in [6.45, 7) is 1.45. The van der Waals surface area contributed by atoms with Crippen LogP contribution in [-0.4, -0.2) is 20.7 Å². The van der Waals surface area contributed by atoms with Crippen LogP contribution in [0.25, 0.3) is 16.9 Å². The molecule has 4 nitrogen and oxygen atoms in total. The fraction of sp³-hybridized carbons (Fsp3) is 0.154. The van der Waals surface area contributed by atoms with E-state index in [1.54, 1.807) is 0 Å². The molecule has 0 radical (unpaired) electrons. The summed E-state index contributed by atoms with van der Waals surface area (Å²) in [5, 5.41) is 4.54. The van der Waals surface area contributed by atoms with Crippen LogP contribution in [-0.2, 0) is 6.54 Å². The zero-order valence-corrected chi connectivity index (χ0v) is 10.7.